The fourth-order valence-corrected chi connectivity index (χ4v) is 3.34. The second-order valence-electron chi connectivity index (χ2n) is 6.98. The average molecular weight is 410 g/mol. The molecule has 0 bridgehead atoms. The van der Waals surface area contributed by atoms with E-state index >= 15 is 0 Å². The molecule has 0 atom stereocenters. The van der Waals surface area contributed by atoms with E-state index in [1.165, 1.54) is 12.0 Å². The lowest BCUT2D eigenvalue weighted by molar-refractivity contribution is -0.138. The molecule has 1 aliphatic rings. The van der Waals surface area contributed by atoms with Crippen molar-refractivity contribution in [2.75, 3.05) is 26.1 Å². The summed E-state index contributed by atoms with van der Waals surface area (Å²) in [5.74, 6) is 1.09. The number of hydrogen-bond donors (Lipinski definition) is 1. The van der Waals surface area contributed by atoms with Crippen LogP contribution >= 0.6 is 0 Å². The molecule has 0 aromatic heterocycles. The van der Waals surface area contributed by atoms with Gasteiger partial charge in [-0.1, -0.05) is 12.1 Å². The first kappa shape index (κ1) is 21.2. The van der Waals surface area contributed by atoms with Crippen LogP contribution in [-0.2, 0) is 9.59 Å². The first-order valence-electron chi connectivity index (χ1n) is 9.75. The van der Waals surface area contributed by atoms with Crippen LogP contribution in [0.15, 0.2) is 48.2 Å². The Morgan fingerprint density at radius 1 is 0.933 bits per heavy atom. The van der Waals surface area contributed by atoms with Crippen LogP contribution in [-0.4, -0.2) is 43.6 Å². The summed E-state index contributed by atoms with van der Waals surface area (Å²) in [7, 11) is 3.09. The second kappa shape index (κ2) is 8.90. The number of rotatable bonds is 8. The van der Waals surface area contributed by atoms with Crippen molar-refractivity contribution in [2.45, 2.75) is 26.8 Å². The van der Waals surface area contributed by atoms with Gasteiger partial charge in [-0.2, -0.15) is 0 Å². The fourth-order valence-electron chi connectivity index (χ4n) is 3.34. The van der Waals surface area contributed by atoms with Crippen molar-refractivity contribution >= 4 is 23.1 Å². The molecule has 0 unspecified atom stereocenters. The number of hydrogen-bond acceptors (Lipinski definition) is 6. The van der Waals surface area contributed by atoms with Crippen LogP contribution in [0.2, 0.25) is 0 Å². The first-order chi connectivity index (χ1) is 14.4. The van der Waals surface area contributed by atoms with Gasteiger partial charge in [-0.05, 0) is 50.6 Å². The zero-order valence-electron chi connectivity index (χ0n) is 17.8. The van der Waals surface area contributed by atoms with E-state index in [-0.39, 0.29) is 23.6 Å². The van der Waals surface area contributed by atoms with Crippen molar-refractivity contribution in [1.82, 2.24) is 4.90 Å². The van der Waals surface area contributed by atoms with Crippen molar-refractivity contribution < 1.29 is 23.8 Å². The lowest BCUT2D eigenvalue weighted by Crippen LogP contribution is -2.38. The van der Waals surface area contributed by atoms with Crippen LogP contribution in [0.4, 0.5) is 5.69 Å². The molecule has 1 heterocycles. The number of carbonyl (C=O) groups is 2. The molecular formula is C23H26N2O5. The molecule has 3 rings (SSSR count). The third-order valence-electron chi connectivity index (χ3n) is 4.74. The van der Waals surface area contributed by atoms with Gasteiger partial charge >= 0.3 is 0 Å². The number of anilines is 1. The summed E-state index contributed by atoms with van der Waals surface area (Å²) >= 11 is 0. The summed E-state index contributed by atoms with van der Waals surface area (Å²) < 4.78 is 16.1. The largest absolute Gasteiger partial charge is 0.494 e. The van der Waals surface area contributed by atoms with E-state index in [1.54, 1.807) is 49.6 Å². The van der Waals surface area contributed by atoms with Gasteiger partial charge in [0.15, 0.2) is 11.5 Å². The van der Waals surface area contributed by atoms with E-state index in [1.807, 2.05) is 20.8 Å². The highest BCUT2D eigenvalue weighted by Crippen LogP contribution is 2.35. The number of nitrogens with zero attached hydrogens (tertiary/aromatic N) is 1. The standard InChI is InChI=1S/C23H26N2O5/c1-6-30-17-10-7-15(8-11-17)20-21(23(27)25(14(2)3)22(20)26)24-16-9-12-18(28-4)19(13-16)29-5/h7-14,24H,6H2,1-5H3. The summed E-state index contributed by atoms with van der Waals surface area (Å²) in [6.45, 7) is 6.07. The predicted octanol–water partition coefficient (Wildman–Crippen LogP) is 3.70. The van der Waals surface area contributed by atoms with Crippen LogP contribution in [0.1, 0.15) is 26.3 Å². The number of carbonyl (C=O) groups excluding carboxylic acids is 2. The van der Waals surface area contributed by atoms with Crippen molar-refractivity contribution in [3.63, 3.8) is 0 Å². The molecule has 0 radical (unpaired) electrons. The summed E-state index contributed by atoms with van der Waals surface area (Å²) in [6.07, 6.45) is 0. The molecule has 0 saturated carbocycles. The SMILES string of the molecule is CCOc1ccc(C2=C(Nc3ccc(OC)c(OC)c3)C(=O)N(C(C)C)C2=O)cc1. The average Bonchev–Trinajstić information content (AvgIpc) is 2.98. The van der Waals surface area contributed by atoms with Gasteiger partial charge in [-0.15, -0.1) is 0 Å². The Bertz CT molecular complexity index is 980. The van der Waals surface area contributed by atoms with Gasteiger partial charge in [0, 0.05) is 17.8 Å². The quantitative estimate of drug-likeness (QED) is 0.669. The van der Waals surface area contributed by atoms with E-state index in [9.17, 15) is 9.59 Å². The van der Waals surface area contributed by atoms with Crippen molar-refractivity contribution in [3.8, 4) is 17.2 Å². The number of ether oxygens (including phenoxy) is 3. The van der Waals surface area contributed by atoms with Crippen LogP contribution in [0.5, 0.6) is 17.2 Å². The molecule has 30 heavy (non-hydrogen) atoms. The topological polar surface area (TPSA) is 77.1 Å². The zero-order chi connectivity index (χ0) is 21.8. The highest BCUT2D eigenvalue weighted by molar-refractivity contribution is 6.36. The van der Waals surface area contributed by atoms with E-state index in [4.69, 9.17) is 14.2 Å². The number of amides is 2. The number of imide groups is 1. The molecule has 0 saturated heterocycles. The van der Waals surface area contributed by atoms with Crippen LogP contribution in [0, 0.1) is 0 Å². The van der Waals surface area contributed by atoms with E-state index < -0.39 is 0 Å². The first-order valence-corrected chi connectivity index (χ1v) is 9.75. The van der Waals surface area contributed by atoms with Crippen molar-refractivity contribution in [2.24, 2.45) is 0 Å². The molecule has 1 N–H and O–H groups in total. The van der Waals surface area contributed by atoms with Gasteiger partial charge in [-0.25, -0.2) is 0 Å². The number of nitrogens with one attached hydrogen (secondary N) is 1. The number of benzene rings is 2. The van der Waals surface area contributed by atoms with Gasteiger partial charge in [0.25, 0.3) is 11.8 Å². The molecular weight excluding hydrogens is 384 g/mol. The Hall–Kier alpha value is -3.48. The summed E-state index contributed by atoms with van der Waals surface area (Å²) in [6, 6.07) is 12.1. The van der Waals surface area contributed by atoms with Crippen molar-refractivity contribution in [3.05, 3.63) is 53.7 Å². The molecule has 0 spiro atoms. The molecule has 7 heteroatoms. The van der Waals surface area contributed by atoms with Gasteiger partial charge in [-0.3, -0.25) is 14.5 Å². The molecule has 0 fully saturated rings. The zero-order valence-corrected chi connectivity index (χ0v) is 17.8. The Kier molecular flexibility index (Phi) is 6.30. The normalized spacial score (nSPS) is 13.9. The monoisotopic (exact) mass is 410 g/mol. The van der Waals surface area contributed by atoms with Crippen molar-refractivity contribution in [1.29, 1.82) is 0 Å². The maximum absolute atomic E-state index is 13.1. The fraction of sp³-hybridized carbons (Fsp3) is 0.304. The van der Waals surface area contributed by atoms with Gasteiger partial charge in [0.1, 0.15) is 11.4 Å². The molecule has 158 valence electrons. The highest BCUT2D eigenvalue weighted by Gasteiger charge is 2.40. The molecule has 2 aromatic carbocycles. The van der Waals surface area contributed by atoms with Crippen LogP contribution < -0.4 is 19.5 Å². The predicted molar refractivity (Wildman–Crippen MR) is 115 cm³/mol. The minimum atomic E-state index is -0.367. The Labute approximate surface area is 176 Å². The third kappa shape index (κ3) is 3.96. The molecule has 2 aromatic rings. The Morgan fingerprint density at radius 2 is 1.60 bits per heavy atom. The Balaban J connectivity index is 2.05. The lowest BCUT2D eigenvalue weighted by atomic mass is 10.0. The Morgan fingerprint density at radius 3 is 2.17 bits per heavy atom. The maximum atomic E-state index is 13.1. The molecule has 1 aliphatic heterocycles. The summed E-state index contributed by atoms with van der Waals surface area (Å²) in [5.41, 5.74) is 1.80. The smallest absolute Gasteiger partial charge is 0.278 e. The van der Waals surface area contributed by atoms with E-state index in [2.05, 4.69) is 5.32 Å². The van der Waals surface area contributed by atoms with Gasteiger partial charge in [0.2, 0.25) is 0 Å². The molecule has 2 amide bonds. The van der Waals surface area contributed by atoms with Crippen LogP contribution in [0.3, 0.4) is 0 Å². The van der Waals surface area contributed by atoms with E-state index in [0.29, 0.717) is 40.7 Å². The van der Waals surface area contributed by atoms with Gasteiger partial charge < -0.3 is 19.5 Å². The minimum Gasteiger partial charge on any atom is -0.494 e. The molecule has 0 aliphatic carbocycles. The number of methoxy groups -OCH3 is 2. The third-order valence-corrected chi connectivity index (χ3v) is 4.74. The van der Waals surface area contributed by atoms with Gasteiger partial charge in [0.05, 0.1) is 26.4 Å². The highest BCUT2D eigenvalue weighted by atomic mass is 16.5. The summed E-state index contributed by atoms with van der Waals surface area (Å²) in [5, 5.41) is 3.12. The van der Waals surface area contributed by atoms with E-state index in [0.717, 1.165) is 0 Å². The summed E-state index contributed by atoms with van der Waals surface area (Å²) in [4.78, 5) is 27.5. The van der Waals surface area contributed by atoms with Crippen LogP contribution in [0.25, 0.3) is 5.57 Å². The second-order valence-corrected chi connectivity index (χ2v) is 6.98. The molecule has 7 nitrogen and oxygen atoms in total. The lowest BCUT2D eigenvalue weighted by Gasteiger charge is -2.19. The maximum Gasteiger partial charge on any atom is 0.278 e. The minimum absolute atomic E-state index is 0.227.